The number of nitrogens with zero attached hydrogens (tertiary/aromatic N) is 4. The van der Waals surface area contributed by atoms with Crippen LogP contribution in [0.2, 0.25) is 0 Å². The van der Waals surface area contributed by atoms with Crippen LogP contribution in [-0.4, -0.2) is 47.0 Å². The molecule has 1 atom stereocenters. The highest BCUT2D eigenvalue weighted by molar-refractivity contribution is 14.0. The molecule has 9 heteroatoms. The maximum atomic E-state index is 5.43. The van der Waals surface area contributed by atoms with Crippen LogP contribution in [0.5, 0.6) is 0 Å². The Morgan fingerprint density at radius 2 is 2.09 bits per heavy atom. The van der Waals surface area contributed by atoms with Gasteiger partial charge in [-0.2, -0.15) is 5.10 Å². The molecule has 2 aromatic heterocycles. The number of nitrogens with one attached hydrogen (secondary N) is 2. The third kappa shape index (κ3) is 7.06. The zero-order valence-electron chi connectivity index (χ0n) is 18.4. The van der Waals surface area contributed by atoms with Crippen LogP contribution in [0.25, 0.3) is 0 Å². The van der Waals surface area contributed by atoms with Gasteiger partial charge in [0.05, 0.1) is 12.8 Å². The second kappa shape index (κ2) is 12.6. The molecule has 32 heavy (non-hydrogen) atoms. The number of aryl methyl sites for hydroxylation is 1. The number of furan rings is 1. The molecular weight excluding hydrogens is 519 g/mol. The van der Waals surface area contributed by atoms with Crippen molar-refractivity contribution in [3.63, 3.8) is 0 Å². The van der Waals surface area contributed by atoms with Gasteiger partial charge in [-0.15, -0.1) is 24.0 Å². The highest BCUT2D eigenvalue weighted by Gasteiger charge is 2.22. The van der Waals surface area contributed by atoms with Gasteiger partial charge in [0, 0.05) is 39.1 Å². The Balaban J connectivity index is 0.00000289. The number of rotatable bonds is 9. The Bertz CT molecular complexity index is 958. The normalized spacial score (nSPS) is 15.7. The number of guanidine groups is 1. The van der Waals surface area contributed by atoms with Crippen molar-refractivity contribution in [1.29, 1.82) is 0 Å². The Hall–Kier alpha value is -2.40. The highest BCUT2D eigenvalue weighted by Crippen LogP contribution is 2.13. The van der Waals surface area contributed by atoms with Gasteiger partial charge in [0.1, 0.15) is 18.2 Å². The fraction of sp³-hybridized carbons (Fsp3) is 0.435. The van der Waals surface area contributed by atoms with Crippen molar-refractivity contribution in [1.82, 2.24) is 25.4 Å². The van der Waals surface area contributed by atoms with Crippen LogP contribution in [0, 0.1) is 0 Å². The first-order chi connectivity index (χ1) is 15.3. The molecule has 0 aliphatic carbocycles. The number of aromatic nitrogens is 3. The zero-order chi connectivity index (χ0) is 21.3. The summed E-state index contributed by atoms with van der Waals surface area (Å²) in [6.07, 6.45) is 5.29. The standard InChI is InChI=1S/C23H30N6O2.HI/c1-30-17-21-27-22-10-9-19(16-29(22)28-21)26-23(25-14-12-20-8-5-15-31-20)24-13-11-18-6-3-2-4-7-18;/h2-8,15,19H,9-14,16-17H2,1H3,(H2,24,25,26);1H. The van der Waals surface area contributed by atoms with Crippen molar-refractivity contribution >= 4 is 29.9 Å². The van der Waals surface area contributed by atoms with Gasteiger partial charge < -0.3 is 19.8 Å². The number of benzene rings is 1. The lowest BCUT2D eigenvalue weighted by atomic mass is 10.1. The second-order valence-corrected chi connectivity index (χ2v) is 7.66. The van der Waals surface area contributed by atoms with E-state index in [0.717, 1.165) is 62.1 Å². The van der Waals surface area contributed by atoms with Gasteiger partial charge in [0.25, 0.3) is 0 Å². The van der Waals surface area contributed by atoms with Crippen LogP contribution in [0.1, 0.15) is 29.4 Å². The predicted molar refractivity (Wildman–Crippen MR) is 134 cm³/mol. The Labute approximate surface area is 205 Å². The van der Waals surface area contributed by atoms with E-state index in [0.29, 0.717) is 13.2 Å². The number of aliphatic imine (C=N–C) groups is 1. The van der Waals surface area contributed by atoms with Crippen molar-refractivity contribution in [2.75, 3.05) is 20.2 Å². The fourth-order valence-corrected chi connectivity index (χ4v) is 3.72. The highest BCUT2D eigenvalue weighted by atomic mass is 127. The molecule has 1 aliphatic heterocycles. The summed E-state index contributed by atoms with van der Waals surface area (Å²) in [6.45, 7) is 2.69. The summed E-state index contributed by atoms with van der Waals surface area (Å²) in [7, 11) is 1.66. The van der Waals surface area contributed by atoms with Crippen LogP contribution in [0.15, 0.2) is 58.1 Å². The molecule has 0 bridgehead atoms. The SMILES string of the molecule is COCc1nc2n(n1)CC(NC(=NCCc1ccco1)NCCc1ccccc1)CC2.I. The van der Waals surface area contributed by atoms with Gasteiger partial charge in [-0.25, -0.2) is 9.67 Å². The van der Waals surface area contributed by atoms with E-state index < -0.39 is 0 Å². The van der Waals surface area contributed by atoms with Crippen molar-refractivity contribution in [3.05, 3.63) is 71.7 Å². The Morgan fingerprint density at radius 3 is 2.88 bits per heavy atom. The summed E-state index contributed by atoms with van der Waals surface area (Å²) < 4.78 is 12.6. The molecule has 0 spiro atoms. The average molecular weight is 550 g/mol. The molecule has 3 heterocycles. The van der Waals surface area contributed by atoms with Crippen LogP contribution in [-0.2, 0) is 37.2 Å². The summed E-state index contributed by atoms with van der Waals surface area (Å²) in [5, 5.41) is 11.6. The molecule has 0 saturated heterocycles. The molecule has 3 aromatic rings. The molecule has 4 rings (SSSR count). The van der Waals surface area contributed by atoms with Gasteiger partial charge in [0.2, 0.25) is 0 Å². The zero-order valence-corrected chi connectivity index (χ0v) is 20.7. The maximum Gasteiger partial charge on any atom is 0.191 e. The van der Waals surface area contributed by atoms with E-state index >= 15 is 0 Å². The molecule has 0 amide bonds. The molecule has 172 valence electrons. The molecule has 1 aliphatic rings. The summed E-state index contributed by atoms with van der Waals surface area (Å²) in [6, 6.07) is 14.6. The van der Waals surface area contributed by atoms with E-state index in [1.165, 1.54) is 5.56 Å². The monoisotopic (exact) mass is 550 g/mol. The maximum absolute atomic E-state index is 5.43. The summed E-state index contributed by atoms with van der Waals surface area (Å²) >= 11 is 0. The lowest BCUT2D eigenvalue weighted by Gasteiger charge is -2.25. The van der Waals surface area contributed by atoms with Gasteiger partial charge in [0.15, 0.2) is 11.8 Å². The Morgan fingerprint density at radius 1 is 1.22 bits per heavy atom. The second-order valence-electron chi connectivity index (χ2n) is 7.66. The number of methoxy groups -OCH3 is 1. The molecule has 0 saturated carbocycles. The van der Waals surface area contributed by atoms with E-state index in [4.69, 9.17) is 14.1 Å². The van der Waals surface area contributed by atoms with Gasteiger partial charge in [-0.05, 0) is 30.5 Å². The van der Waals surface area contributed by atoms with Crippen molar-refractivity contribution in [2.45, 2.75) is 44.9 Å². The van der Waals surface area contributed by atoms with Crippen LogP contribution >= 0.6 is 24.0 Å². The molecule has 2 N–H and O–H groups in total. The van der Waals surface area contributed by atoms with E-state index in [9.17, 15) is 0 Å². The molecule has 8 nitrogen and oxygen atoms in total. The molecule has 1 aromatic carbocycles. The van der Waals surface area contributed by atoms with E-state index in [-0.39, 0.29) is 30.0 Å². The van der Waals surface area contributed by atoms with E-state index in [1.54, 1.807) is 13.4 Å². The first-order valence-electron chi connectivity index (χ1n) is 10.8. The molecule has 1 unspecified atom stereocenters. The first-order valence-corrected chi connectivity index (χ1v) is 10.8. The Kier molecular flexibility index (Phi) is 9.54. The minimum absolute atomic E-state index is 0. The smallest absolute Gasteiger partial charge is 0.191 e. The number of hydrogen-bond acceptors (Lipinski definition) is 5. The molecular formula is C23H31IN6O2. The fourth-order valence-electron chi connectivity index (χ4n) is 3.72. The average Bonchev–Trinajstić information content (AvgIpc) is 3.44. The number of hydrogen-bond donors (Lipinski definition) is 2. The van der Waals surface area contributed by atoms with Crippen molar-refractivity contribution in [3.8, 4) is 0 Å². The summed E-state index contributed by atoms with van der Waals surface area (Å²) in [5.74, 6) is 3.54. The van der Waals surface area contributed by atoms with Crippen LogP contribution in [0.3, 0.4) is 0 Å². The van der Waals surface area contributed by atoms with Crippen LogP contribution in [0.4, 0.5) is 0 Å². The first kappa shape index (κ1) is 24.2. The summed E-state index contributed by atoms with van der Waals surface area (Å²) in [4.78, 5) is 9.34. The minimum Gasteiger partial charge on any atom is -0.469 e. The number of halogens is 1. The summed E-state index contributed by atoms with van der Waals surface area (Å²) in [5.41, 5.74) is 1.31. The quantitative estimate of drug-likeness (QED) is 0.242. The number of ether oxygens (including phenoxy) is 1. The van der Waals surface area contributed by atoms with Gasteiger partial charge >= 0.3 is 0 Å². The topological polar surface area (TPSA) is 89.5 Å². The lowest BCUT2D eigenvalue weighted by molar-refractivity contribution is 0.177. The number of fused-ring (bicyclic) bond motifs is 1. The van der Waals surface area contributed by atoms with E-state index in [2.05, 4.69) is 45.0 Å². The third-order valence-corrected chi connectivity index (χ3v) is 5.27. The predicted octanol–water partition coefficient (Wildman–Crippen LogP) is 2.97. The lowest BCUT2D eigenvalue weighted by Crippen LogP contribution is -2.47. The third-order valence-electron chi connectivity index (χ3n) is 5.27. The van der Waals surface area contributed by atoms with Crippen molar-refractivity contribution < 1.29 is 9.15 Å². The van der Waals surface area contributed by atoms with Gasteiger partial charge in [-0.1, -0.05) is 30.3 Å². The van der Waals surface area contributed by atoms with Gasteiger partial charge in [-0.3, -0.25) is 4.99 Å². The van der Waals surface area contributed by atoms with Crippen LogP contribution < -0.4 is 10.6 Å². The van der Waals surface area contributed by atoms with Crippen molar-refractivity contribution in [2.24, 2.45) is 4.99 Å². The molecule has 0 fully saturated rings. The minimum atomic E-state index is 0. The largest absolute Gasteiger partial charge is 0.469 e. The van der Waals surface area contributed by atoms with E-state index in [1.807, 2.05) is 22.9 Å². The molecule has 0 radical (unpaired) electrons.